The molecule has 0 radical (unpaired) electrons. The largest absolute Gasteiger partial charge is 0.481 e. The summed E-state index contributed by atoms with van der Waals surface area (Å²) < 4.78 is 13.6. The van der Waals surface area contributed by atoms with Crippen LogP contribution in [0.3, 0.4) is 0 Å². The number of carboxylic acids is 1. The van der Waals surface area contributed by atoms with Crippen molar-refractivity contribution in [2.24, 2.45) is 33.5 Å². The second-order valence-corrected chi connectivity index (χ2v) is 17.7. The molecule has 1 aromatic carbocycles. The van der Waals surface area contributed by atoms with Crippen molar-refractivity contribution < 1.29 is 53.6 Å². The van der Waals surface area contributed by atoms with Crippen LogP contribution in [0.2, 0.25) is 0 Å². The molecule has 6 aliphatic rings. The van der Waals surface area contributed by atoms with Crippen molar-refractivity contribution in [2.45, 2.75) is 102 Å². The molecule has 1 aliphatic heterocycles. The maximum Gasteiger partial charge on any atom is 0.303 e. The second kappa shape index (κ2) is 14.5. The molecule has 0 bridgehead atoms. The fourth-order valence-electron chi connectivity index (χ4n) is 10.7. The number of thiol groups is 1. The lowest BCUT2D eigenvalue weighted by Gasteiger charge is -2.53. The van der Waals surface area contributed by atoms with Gasteiger partial charge in [-0.2, -0.15) is 12.6 Å². The molecule has 1 heterocycles. The number of carboxylic acid groups (broad SMARTS) is 1. The van der Waals surface area contributed by atoms with E-state index in [9.17, 15) is 44.1 Å². The molecular weight excluding hydrogens is 743 g/mol. The summed E-state index contributed by atoms with van der Waals surface area (Å²) in [5.41, 5.74) is -0.875. The Kier molecular flexibility index (Phi) is 10.4. The van der Waals surface area contributed by atoms with Gasteiger partial charge in [0.05, 0.1) is 24.5 Å². The number of fused-ring (bicyclic) bond motifs is 4. The molecular formula is C41H51N3O11S. The third-order valence-electron chi connectivity index (χ3n) is 14.2. The van der Waals surface area contributed by atoms with Crippen molar-refractivity contribution in [3.05, 3.63) is 53.6 Å². The minimum atomic E-state index is -1.41. The van der Waals surface area contributed by atoms with Crippen LogP contribution in [0.15, 0.2) is 48.1 Å². The molecule has 302 valence electrons. The number of allylic oxidation sites excluding steroid dienone is 4. The Morgan fingerprint density at radius 3 is 2.52 bits per heavy atom. The van der Waals surface area contributed by atoms with E-state index in [1.165, 1.54) is 0 Å². The van der Waals surface area contributed by atoms with Gasteiger partial charge in [0, 0.05) is 28.4 Å². The summed E-state index contributed by atoms with van der Waals surface area (Å²) in [7, 11) is 0. The number of aliphatic hydroxyl groups is 2. The fraction of sp³-hybridized carbons (Fsp3) is 0.610. The molecule has 7 rings (SSSR count). The summed E-state index contributed by atoms with van der Waals surface area (Å²) in [6, 6.07) is 6.12. The van der Waals surface area contributed by atoms with Gasteiger partial charge < -0.3 is 40.7 Å². The molecule has 4 saturated carbocycles. The molecule has 9 atom stereocenters. The van der Waals surface area contributed by atoms with E-state index in [0.29, 0.717) is 24.9 Å². The molecule has 5 fully saturated rings. The third-order valence-corrected chi connectivity index (χ3v) is 14.5. The first-order chi connectivity index (χ1) is 26.5. The highest BCUT2D eigenvalue weighted by Crippen LogP contribution is 2.90. The number of hydrogen-bond acceptors (Lipinski definition) is 11. The van der Waals surface area contributed by atoms with E-state index in [-0.39, 0.29) is 60.0 Å². The maximum atomic E-state index is 13.9. The van der Waals surface area contributed by atoms with E-state index in [1.54, 1.807) is 24.3 Å². The molecule has 56 heavy (non-hydrogen) atoms. The molecule has 1 aromatic rings. The van der Waals surface area contributed by atoms with Crippen molar-refractivity contribution in [3.8, 4) is 0 Å². The first-order valence-electron chi connectivity index (χ1n) is 19.3. The molecule has 14 nitrogen and oxygen atoms in total. The van der Waals surface area contributed by atoms with Crippen LogP contribution in [0.4, 0.5) is 5.69 Å². The monoisotopic (exact) mass is 793 g/mol. The summed E-state index contributed by atoms with van der Waals surface area (Å²) in [6.45, 7) is 4.86. The van der Waals surface area contributed by atoms with Gasteiger partial charge in [-0.1, -0.05) is 37.6 Å². The van der Waals surface area contributed by atoms with Crippen LogP contribution in [-0.2, 0) is 44.7 Å². The van der Waals surface area contributed by atoms with Gasteiger partial charge >= 0.3 is 5.97 Å². The second-order valence-electron chi connectivity index (χ2n) is 17.3. The number of amides is 3. The number of Topliss-reactive ketones (excluding diaryl/α,β-unsaturated/α-hetero) is 1. The van der Waals surface area contributed by atoms with Crippen LogP contribution in [0, 0.1) is 33.5 Å². The first kappa shape index (κ1) is 40.3. The summed E-state index contributed by atoms with van der Waals surface area (Å²) in [5, 5.41) is 38.9. The Bertz CT molecular complexity index is 1910. The maximum absolute atomic E-state index is 13.9. The molecule has 3 amide bonds. The minimum absolute atomic E-state index is 0.0254. The zero-order chi connectivity index (χ0) is 40.4. The lowest BCUT2D eigenvalue weighted by Crippen LogP contribution is -2.61. The van der Waals surface area contributed by atoms with Crippen LogP contribution < -0.4 is 16.0 Å². The summed E-state index contributed by atoms with van der Waals surface area (Å²) >= 11 is 3.85. The Labute approximate surface area is 330 Å². The Hall–Kier alpha value is -3.89. The average Bonchev–Trinajstić information content (AvgIpc) is 3.86. The lowest BCUT2D eigenvalue weighted by atomic mass is 9.53. The number of aliphatic hydroxyl groups excluding tert-OH is 2. The number of ether oxygens (including phenoxy) is 2. The summed E-state index contributed by atoms with van der Waals surface area (Å²) in [6.07, 6.45) is 6.25. The van der Waals surface area contributed by atoms with E-state index in [0.717, 1.165) is 24.0 Å². The highest BCUT2D eigenvalue weighted by atomic mass is 32.1. The number of hydrogen-bond donors (Lipinski definition) is 7. The number of carbonyl (C=O) groups is 6. The Morgan fingerprint density at radius 1 is 1.09 bits per heavy atom. The van der Waals surface area contributed by atoms with Crippen molar-refractivity contribution in [1.29, 1.82) is 0 Å². The fourth-order valence-corrected chi connectivity index (χ4v) is 10.9. The number of aliphatic carboxylic acids is 1. The van der Waals surface area contributed by atoms with Crippen molar-refractivity contribution >= 4 is 53.6 Å². The van der Waals surface area contributed by atoms with Gasteiger partial charge in [0.15, 0.2) is 23.5 Å². The average molecular weight is 794 g/mol. The highest BCUT2D eigenvalue weighted by Gasteiger charge is 2.89. The van der Waals surface area contributed by atoms with Gasteiger partial charge in [-0.15, -0.1) is 0 Å². The third kappa shape index (κ3) is 6.62. The van der Waals surface area contributed by atoms with Gasteiger partial charge in [0.25, 0.3) is 0 Å². The van der Waals surface area contributed by atoms with Gasteiger partial charge in [-0.3, -0.25) is 28.8 Å². The van der Waals surface area contributed by atoms with Crippen molar-refractivity contribution in [1.82, 2.24) is 10.6 Å². The molecule has 5 aliphatic carbocycles. The number of anilines is 1. The van der Waals surface area contributed by atoms with E-state index >= 15 is 0 Å². The highest BCUT2D eigenvalue weighted by molar-refractivity contribution is 7.81. The molecule has 0 aromatic heterocycles. The Balaban J connectivity index is 1.02. The zero-order valence-electron chi connectivity index (χ0n) is 31.8. The van der Waals surface area contributed by atoms with Crippen LogP contribution in [0.25, 0.3) is 0 Å². The Morgan fingerprint density at radius 2 is 1.84 bits per heavy atom. The minimum Gasteiger partial charge on any atom is -0.481 e. The lowest BCUT2D eigenvalue weighted by molar-refractivity contribution is -0.195. The molecule has 4 unspecified atom stereocenters. The van der Waals surface area contributed by atoms with Gasteiger partial charge in [-0.05, 0) is 99.0 Å². The topological polar surface area (TPSA) is 218 Å². The first-order valence-corrected chi connectivity index (χ1v) is 19.9. The van der Waals surface area contributed by atoms with Gasteiger partial charge in [-0.25, -0.2) is 0 Å². The van der Waals surface area contributed by atoms with Crippen molar-refractivity contribution in [3.63, 3.8) is 0 Å². The number of benzene rings is 1. The number of rotatable bonds is 15. The predicted octanol–water partition coefficient (Wildman–Crippen LogP) is 2.27. The number of ketones is 2. The quantitative estimate of drug-likeness (QED) is 0.128. The molecule has 1 saturated heterocycles. The van der Waals surface area contributed by atoms with Crippen LogP contribution in [-0.4, -0.2) is 99.6 Å². The standard InChI is InChI=1S/C41H51N3O11S/c1-22-11-26(46)9-10-37(22,2)27-13-24-14-31-41(30(48)18-45,38(24,3)16-29(27)47)55-36(54-31)40-20-39(40,21-40)15-23-5-4-6-25(12-23)43-35(53)28(7-8-34(51)52)44-32(49)17-42-33(50)19-56/h4-6,9-12,24,27-29,31,36,45,47,56H,7-8,13-21H2,1-3H3,(H,42,50)(H,43,53)(H,44,49)(H,51,52)/t24?,27?,28-,29-,31?,36+,37-,38?,39?,40?,41+/m0/s1. The normalized spacial score (nSPS) is 38.0. The predicted molar refractivity (Wildman–Crippen MR) is 204 cm³/mol. The van der Waals surface area contributed by atoms with Crippen LogP contribution >= 0.6 is 12.6 Å². The number of carbonyl (C=O) groups excluding carboxylic acids is 5. The zero-order valence-corrected chi connectivity index (χ0v) is 32.7. The van der Waals surface area contributed by atoms with E-state index in [1.807, 2.05) is 39.0 Å². The van der Waals surface area contributed by atoms with Crippen molar-refractivity contribution in [2.75, 3.05) is 24.2 Å². The molecule has 15 heteroatoms. The van der Waals surface area contributed by atoms with Crippen LogP contribution in [0.5, 0.6) is 0 Å². The van der Waals surface area contributed by atoms with Crippen LogP contribution in [0.1, 0.15) is 71.3 Å². The van der Waals surface area contributed by atoms with Gasteiger partial charge in [0.2, 0.25) is 17.7 Å². The van der Waals surface area contributed by atoms with E-state index in [4.69, 9.17) is 9.47 Å². The number of nitrogens with one attached hydrogen (secondary N) is 3. The summed E-state index contributed by atoms with van der Waals surface area (Å²) in [4.78, 5) is 74.4. The summed E-state index contributed by atoms with van der Waals surface area (Å²) in [5.74, 6) is -3.67. The van der Waals surface area contributed by atoms with Gasteiger partial charge in [0.1, 0.15) is 12.6 Å². The van der Waals surface area contributed by atoms with E-state index < -0.39 is 77.1 Å². The van der Waals surface area contributed by atoms with E-state index in [2.05, 4.69) is 28.6 Å². The SMILES string of the molecule is CC1=CC(=O)C=C[C@]1(C)C1CC2CC3O[C@@H](C45CC4(Cc4cccc(NC(=O)[C@H](CCC(=O)O)NC(=O)CNC(=O)CS)c4)C5)O[C@@]3(C(=O)CO)C2(C)C[C@@H]1O. The molecule has 6 N–H and O–H groups in total. The smallest absolute Gasteiger partial charge is 0.303 e. The molecule has 0 spiro atoms.